The van der Waals surface area contributed by atoms with E-state index in [-0.39, 0.29) is 24.8 Å². The summed E-state index contributed by atoms with van der Waals surface area (Å²) in [5.74, 6) is -1.63. The molecule has 1 amide bonds. The summed E-state index contributed by atoms with van der Waals surface area (Å²) in [5, 5.41) is 11.8. The van der Waals surface area contributed by atoms with Crippen molar-refractivity contribution in [1.82, 2.24) is 5.32 Å². The molecule has 4 N–H and O–H groups in total. The van der Waals surface area contributed by atoms with Crippen LogP contribution in [0.2, 0.25) is 0 Å². The quantitative estimate of drug-likeness (QED) is 0.665. The van der Waals surface area contributed by atoms with Crippen molar-refractivity contribution in [3.63, 3.8) is 0 Å². The van der Waals surface area contributed by atoms with E-state index >= 15 is 0 Å². The lowest BCUT2D eigenvalue weighted by Gasteiger charge is -2.19. The number of hydrogen-bond acceptors (Lipinski definition) is 3. The molecule has 5 nitrogen and oxygen atoms in total. The number of carbonyl (C=O) groups excluding carboxylic acids is 1. The van der Waals surface area contributed by atoms with E-state index in [2.05, 4.69) is 5.32 Å². The van der Waals surface area contributed by atoms with Crippen molar-refractivity contribution in [2.45, 2.75) is 32.2 Å². The Bertz CT molecular complexity index is 434. The molecule has 0 saturated carbocycles. The molecule has 0 bridgehead atoms. The van der Waals surface area contributed by atoms with Crippen molar-refractivity contribution < 1.29 is 14.7 Å². The first-order valence-electron chi connectivity index (χ1n) is 6.85. The third-order valence-corrected chi connectivity index (χ3v) is 3.19. The molecule has 0 aliphatic heterocycles. The average molecular weight is 278 g/mol. The molecule has 0 aromatic heterocycles. The van der Waals surface area contributed by atoms with E-state index in [1.54, 1.807) is 0 Å². The van der Waals surface area contributed by atoms with Gasteiger partial charge in [0.25, 0.3) is 0 Å². The van der Waals surface area contributed by atoms with E-state index in [4.69, 9.17) is 5.73 Å². The SMILES string of the molecule is CCCC(CN)C(=O)N[C@H](Cc1ccccc1)C(=O)O. The molecule has 2 atom stereocenters. The Morgan fingerprint density at radius 2 is 1.95 bits per heavy atom. The summed E-state index contributed by atoms with van der Waals surface area (Å²) in [7, 11) is 0. The smallest absolute Gasteiger partial charge is 0.326 e. The molecule has 1 rings (SSSR count). The van der Waals surface area contributed by atoms with Crippen LogP contribution in [-0.2, 0) is 16.0 Å². The molecule has 0 aliphatic rings. The van der Waals surface area contributed by atoms with Gasteiger partial charge in [-0.1, -0.05) is 43.7 Å². The molecule has 0 radical (unpaired) electrons. The maximum atomic E-state index is 12.0. The number of rotatable bonds is 8. The van der Waals surface area contributed by atoms with Crippen molar-refractivity contribution >= 4 is 11.9 Å². The zero-order chi connectivity index (χ0) is 15.0. The third kappa shape index (κ3) is 5.01. The minimum absolute atomic E-state index is 0.233. The molecule has 1 aromatic rings. The lowest BCUT2D eigenvalue weighted by molar-refractivity contribution is -0.142. The largest absolute Gasteiger partial charge is 0.480 e. The maximum absolute atomic E-state index is 12.0. The molecule has 0 spiro atoms. The van der Waals surface area contributed by atoms with Gasteiger partial charge in [0.05, 0.1) is 5.92 Å². The monoisotopic (exact) mass is 278 g/mol. The van der Waals surface area contributed by atoms with Crippen LogP contribution in [0.3, 0.4) is 0 Å². The number of amides is 1. The molecule has 5 heteroatoms. The van der Waals surface area contributed by atoms with Gasteiger partial charge in [0.15, 0.2) is 0 Å². The van der Waals surface area contributed by atoms with Crippen LogP contribution in [0.15, 0.2) is 30.3 Å². The fourth-order valence-corrected chi connectivity index (χ4v) is 2.04. The normalized spacial score (nSPS) is 13.5. The summed E-state index contributed by atoms with van der Waals surface area (Å²) in [6, 6.07) is 8.31. The molecule has 1 aromatic carbocycles. The minimum atomic E-state index is -1.03. The predicted molar refractivity (Wildman–Crippen MR) is 77.2 cm³/mol. The zero-order valence-electron chi connectivity index (χ0n) is 11.7. The van der Waals surface area contributed by atoms with Crippen molar-refractivity contribution in [1.29, 1.82) is 0 Å². The second-order valence-electron chi connectivity index (χ2n) is 4.81. The van der Waals surface area contributed by atoms with Gasteiger partial charge in [-0.05, 0) is 12.0 Å². The highest BCUT2D eigenvalue weighted by Crippen LogP contribution is 2.08. The Balaban J connectivity index is 2.68. The Labute approximate surface area is 119 Å². The second kappa shape index (κ2) is 8.32. The first kappa shape index (κ1) is 16.2. The van der Waals surface area contributed by atoms with Crippen LogP contribution in [0.25, 0.3) is 0 Å². The molecule has 110 valence electrons. The van der Waals surface area contributed by atoms with Gasteiger partial charge in [0.2, 0.25) is 5.91 Å². The van der Waals surface area contributed by atoms with E-state index in [9.17, 15) is 14.7 Å². The predicted octanol–water partition coefficient (Wildman–Crippen LogP) is 1.17. The van der Waals surface area contributed by atoms with E-state index in [1.807, 2.05) is 37.3 Å². The van der Waals surface area contributed by atoms with Gasteiger partial charge in [0, 0.05) is 13.0 Å². The van der Waals surface area contributed by atoms with E-state index in [1.165, 1.54) is 0 Å². The Morgan fingerprint density at radius 3 is 2.45 bits per heavy atom. The molecular formula is C15H22N2O3. The molecule has 0 saturated heterocycles. The van der Waals surface area contributed by atoms with E-state index in [0.29, 0.717) is 6.42 Å². The van der Waals surface area contributed by atoms with Gasteiger partial charge < -0.3 is 16.2 Å². The summed E-state index contributed by atoms with van der Waals surface area (Å²) < 4.78 is 0. The van der Waals surface area contributed by atoms with Crippen LogP contribution in [0.1, 0.15) is 25.3 Å². The molecule has 0 heterocycles. The highest BCUT2D eigenvalue weighted by molar-refractivity contribution is 5.85. The van der Waals surface area contributed by atoms with Gasteiger partial charge in [-0.15, -0.1) is 0 Å². The number of carboxylic acid groups (broad SMARTS) is 1. The van der Waals surface area contributed by atoms with Crippen molar-refractivity contribution in [2.75, 3.05) is 6.54 Å². The highest BCUT2D eigenvalue weighted by atomic mass is 16.4. The number of nitrogens with two attached hydrogens (primary N) is 1. The second-order valence-corrected chi connectivity index (χ2v) is 4.81. The number of carbonyl (C=O) groups is 2. The Kier molecular flexibility index (Phi) is 6.73. The van der Waals surface area contributed by atoms with Crippen LogP contribution in [0.5, 0.6) is 0 Å². The number of carboxylic acids is 1. The summed E-state index contributed by atoms with van der Waals surface area (Å²) in [6.45, 7) is 2.20. The topological polar surface area (TPSA) is 92.4 Å². The molecule has 1 unspecified atom stereocenters. The molecule has 0 fully saturated rings. The fraction of sp³-hybridized carbons (Fsp3) is 0.467. The molecular weight excluding hydrogens is 256 g/mol. The van der Waals surface area contributed by atoms with E-state index < -0.39 is 12.0 Å². The molecule has 20 heavy (non-hydrogen) atoms. The van der Waals surface area contributed by atoms with Crippen LogP contribution in [-0.4, -0.2) is 29.6 Å². The van der Waals surface area contributed by atoms with Crippen molar-refractivity contribution in [3.05, 3.63) is 35.9 Å². The summed E-state index contributed by atoms with van der Waals surface area (Å²) in [5.41, 5.74) is 6.43. The van der Waals surface area contributed by atoms with Gasteiger partial charge in [-0.3, -0.25) is 4.79 Å². The maximum Gasteiger partial charge on any atom is 0.326 e. The first-order valence-corrected chi connectivity index (χ1v) is 6.85. The lowest BCUT2D eigenvalue weighted by atomic mass is 10.0. The molecule has 0 aliphatic carbocycles. The van der Waals surface area contributed by atoms with Gasteiger partial charge in [-0.2, -0.15) is 0 Å². The van der Waals surface area contributed by atoms with Crippen LogP contribution in [0, 0.1) is 5.92 Å². The summed E-state index contributed by atoms with van der Waals surface area (Å²) in [6.07, 6.45) is 1.77. The van der Waals surface area contributed by atoms with Gasteiger partial charge >= 0.3 is 5.97 Å². The van der Waals surface area contributed by atoms with Gasteiger partial charge in [-0.25, -0.2) is 4.79 Å². The Hall–Kier alpha value is -1.88. The van der Waals surface area contributed by atoms with Crippen molar-refractivity contribution in [2.24, 2.45) is 11.7 Å². The lowest BCUT2D eigenvalue weighted by Crippen LogP contribution is -2.46. The first-order chi connectivity index (χ1) is 9.58. The number of hydrogen-bond donors (Lipinski definition) is 3. The number of aliphatic carboxylic acids is 1. The summed E-state index contributed by atoms with van der Waals surface area (Å²) >= 11 is 0. The number of benzene rings is 1. The zero-order valence-corrected chi connectivity index (χ0v) is 11.7. The minimum Gasteiger partial charge on any atom is -0.480 e. The van der Waals surface area contributed by atoms with Gasteiger partial charge in [0.1, 0.15) is 6.04 Å². The average Bonchev–Trinajstić information content (AvgIpc) is 2.44. The highest BCUT2D eigenvalue weighted by Gasteiger charge is 2.24. The third-order valence-electron chi connectivity index (χ3n) is 3.19. The van der Waals surface area contributed by atoms with Crippen LogP contribution >= 0.6 is 0 Å². The van der Waals surface area contributed by atoms with E-state index in [0.717, 1.165) is 12.0 Å². The Morgan fingerprint density at radius 1 is 1.30 bits per heavy atom. The fourth-order valence-electron chi connectivity index (χ4n) is 2.04. The van der Waals surface area contributed by atoms with Crippen LogP contribution in [0.4, 0.5) is 0 Å². The van der Waals surface area contributed by atoms with Crippen molar-refractivity contribution in [3.8, 4) is 0 Å². The number of nitrogens with one attached hydrogen (secondary N) is 1. The summed E-state index contributed by atoms with van der Waals surface area (Å²) in [4.78, 5) is 23.3. The van der Waals surface area contributed by atoms with Crippen LogP contribution < -0.4 is 11.1 Å². The standard InChI is InChI=1S/C15H22N2O3/c1-2-6-12(10-16)14(18)17-13(15(19)20)9-11-7-4-3-5-8-11/h3-5,7-8,12-13H,2,6,9-10,16H2,1H3,(H,17,18)(H,19,20)/t12?,13-/m1/s1.